The second kappa shape index (κ2) is 11.6. The molecule has 3 heterocycles. The van der Waals surface area contributed by atoms with Crippen LogP contribution < -0.4 is 25.0 Å². The number of halogens is 4. The quantitative estimate of drug-likeness (QED) is 0.374. The Balaban J connectivity index is 1.37. The molecule has 0 aliphatic carbocycles. The van der Waals surface area contributed by atoms with Crippen molar-refractivity contribution < 1.29 is 27.4 Å². The lowest BCUT2D eigenvalue weighted by Crippen LogP contribution is -2.44. The third kappa shape index (κ3) is 6.59. The number of nitrogens with one attached hydrogen (secondary N) is 2. The molecule has 2 aromatic carbocycles. The Morgan fingerprint density at radius 2 is 1.90 bits per heavy atom. The first-order valence-electron chi connectivity index (χ1n) is 13.2. The number of alkyl halides is 3. The average Bonchev–Trinajstić information content (AvgIpc) is 2.93. The number of ether oxygens (including phenoxy) is 2. The fourth-order valence-electron chi connectivity index (χ4n) is 4.54. The van der Waals surface area contributed by atoms with Crippen LogP contribution in [-0.2, 0) is 6.18 Å². The minimum Gasteiger partial charge on any atom is -0.483 e. The van der Waals surface area contributed by atoms with Gasteiger partial charge in [-0.15, -0.1) is 0 Å². The predicted octanol–water partition coefficient (Wildman–Crippen LogP) is 5.77. The van der Waals surface area contributed by atoms with Gasteiger partial charge in [-0.25, -0.2) is 4.98 Å². The molecule has 2 N–H and O–H groups in total. The van der Waals surface area contributed by atoms with Crippen molar-refractivity contribution in [1.82, 2.24) is 14.9 Å². The summed E-state index contributed by atoms with van der Waals surface area (Å²) in [5, 5.41) is 6.10. The number of hydrogen-bond acceptors (Lipinski definition) is 8. The maximum atomic E-state index is 13.7. The number of fused-ring (bicyclic) bond motifs is 1. The van der Waals surface area contributed by atoms with Crippen molar-refractivity contribution in [2.24, 2.45) is 5.92 Å². The SMILES string of the molecule is CC(C)[C@@H]1COc2c(ncnc2Oc2cc(C(=O)Nc3cc(N4CCN(C)CC4)cc(C(F)(F)F)c3)ccc2Cl)N1. The molecule has 218 valence electrons. The second-order valence-corrected chi connectivity index (χ2v) is 10.8. The Morgan fingerprint density at radius 3 is 2.61 bits per heavy atom. The van der Waals surface area contributed by atoms with Crippen molar-refractivity contribution in [3.63, 3.8) is 0 Å². The van der Waals surface area contributed by atoms with E-state index in [0.717, 1.165) is 25.2 Å². The van der Waals surface area contributed by atoms with Crippen LogP contribution in [0.15, 0.2) is 42.7 Å². The Hall–Kier alpha value is -3.77. The molecule has 13 heteroatoms. The number of likely N-dealkylation sites (N-methyl/N-ethyl adjacent to an activating group) is 1. The monoisotopic (exact) mass is 590 g/mol. The van der Waals surface area contributed by atoms with Gasteiger partial charge >= 0.3 is 6.18 Å². The lowest BCUT2D eigenvalue weighted by Gasteiger charge is -2.34. The van der Waals surface area contributed by atoms with Crippen LogP contribution in [0.3, 0.4) is 0 Å². The highest BCUT2D eigenvalue weighted by molar-refractivity contribution is 6.32. The van der Waals surface area contributed by atoms with Crippen LogP contribution in [0.5, 0.6) is 17.4 Å². The third-order valence-corrected chi connectivity index (χ3v) is 7.39. The van der Waals surface area contributed by atoms with E-state index in [-0.39, 0.29) is 33.9 Å². The van der Waals surface area contributed by atoms with E-state index in [1.165, 1.54) is 24.5 Å². The van der Waals surface area contributed by atoms with Gasteiger partial charge in [-0.05, 0) is 49.4 Å². The number of hydrogen-bond donors (Lipinski definition) is 2. The van der Waals surface area contributed by atoms with E-state index in [1.807, 2.05) is 11.9 Å². The van der Waals surface area contributed by atoms with E-state index in [2.05, 4.69) is 39.3 Å². The number of carbonyl (C=O) groups excluding carboxylic acids is 1. The molecule has 3 aromatic rings. The summed E-state index contributed by atoms with van der Waals surface area (Å²) in [6, 6.07) is 7.97. The van der Waals surface area contributed by atoms with Gasteiger partial charge < -0.3 is 29.9 Å². The lowest BCUT2D eigenvalue weighted by molar-refractivity contribution is -0.137. The first kappa shape index (κ1) is 28.7. The summed E-state index contributed by atoms with van der Waals surface area (Å²) < 4.78 is 53.0. The van der Waals surface area contributed by atoms with E-state index >= 15 is 0 Å². The van der Waals surface area contributed by atoms with Crippen LogP contribution in [0.4, 0.5) is 30.4 Å². The summed E-state index contributed by atoms with van der Waals surface area (Å²) in [7, 11) is 1.96. The number of rotatable bonds is 6. The molecule has 41 heavy (non-hydrogen) atoms. The summed E-state index contributed by atoms with van der Waals surface area (Å²) >= 11 is 6.36. The van der Waals surface area contributed by atoms with Gasteiger partial charge in [0, 0.05) is 43.1 Å². The van der Waals surface area contributed by atoms with Crippen LogP contribution in [0.25, 0.3) is 0 Å². The molecule has 0 bridgehead atoms. The number of aromatic nitrogens is 2. The van der Waals surface area contributed by atoms with Gasteiger partial charge in [-0.2, -0.15) is 18.2 Å². The molecule has 1 aromatic heterocycles. The zero-order chi connectivity index (χ0) is 29.3. The van der Waals surface area contributed by atoms with Crippen LogP contribution in [-0.4, -0.2) is 66.7 Å². The van der Waals surface area contributed by atoms with Crippen molar-refractivity contribution in [1.29, 1.82) is 0 Å². The Bertz CT molecular complexity index is 1430. The fourth-order valence-corrected chi connectivity index (χ4v) is 4.69. The number of benzene rings is 2. The highest BCUT2D eigenvalue weighted by Gasteiger charge is 2.32. The Labute approximate surface area is 240 Å². The molecule has 1 amide bonds. The number of amides is 1. The zero-order valence-electron chi connectivity index (χ0n) is 22.8. The first-order valence-corrected chi connectivity index (χ1v) is 13.5. The van der Waals surface area contributed by atoms with E-state index in [1.54, 1.807) is 6.07 Å². The number of piperazine rings is 1. The van der Waals surface area contributed by atoms with Crippen LogP contribution in [0, 0.1) is 5.92 Å². The molecule has 9 nitrogen and oxygen atoms in total. The normalized spacial score (nSPS) is 17.5. The largest absolute Gasteiger partial charge is 0.483 e. The molecule has 1 saturated heterocycles. The molecule has 0 radical (unpaired) electrons. The average molecular weight is 591 g/mol. The summed E-state index contributed by atoms with van der Waals surface area (Å²) in [5.74, 6) is 0.705. The smallest absolute Gasteiger partial charge is 0.416 e. The van der Waals surface area contributed by atoms with E-state index < -0.39 is 17.6 Å². The highest BCUT2D eigenvalue weighted by atomic mass is 35.5. The van der Waals surface area contributed by atoms with Crippen LogP contribution >= 0.6 is 11.6 Å². The van der Waals surface area contributed by atoms with E-state index in [0.29, 0.717) is 42.9 Å². The van der Waals surface area contributed by atoms with Gasteiger partial charge in [-0.3, -0.25) is 4.79 Å². The Morgan fingerprint density at radius 1 is 1.15 bits per heavy atom. The molecule has 2 aliphatic rings. The molecular formula is C28H30ClF3N6O3. The first-order chi connectivity index (χ1) is 19.5. The fraction of sp³-hybridized carbons (Fsp3) is 0.393. The molecule has 1 fully saturated rings. The van der Waals surface area contributed by atoms with Crippen LogP contribution in [0.2, 0.25) is 5.02 Å². The van der Waals surface area contributed by atoms with Crippen molar-refractivity contribution in [3.8, 4) is 17.4 Å². The van der Waals surface area contributed by atoms with Gasteiger partial charge in [-0.1, -0.05) is 25.4 Å². The number of anilines is 3. The zero-order valence-corrected chi connectivity index (χ0v) is 23.5. The maximum Gasteiger partial charge on any atom is 0.416 e. The minimum atomic E-state index is -4.58. The molecule has 0 spiro atoms. The summed E-state index contributed by atoms with van der Waals surface area (Å²) in [6.45, 7) is 7.11. The second-order valence-electron chi connectivity index (χ2n) is 10.4. The van der Waals surface area contributed by atoms with Gasteiger partial charge in [0.15, 0.2) is 5.82 Å². The van der Waals surface area contributed by atoms with Crippen molar-refractivity contribution in [2.75, 3.05) is 55.4 Å². The topological polar surface area (TPSA) is 91.8 Å². The van der Waals surface area contributed by atoms with Gasteiger partial charge in [0.25, 0.3) is 11.8 Å². The van der Waals surface area contributed by atoms with Crippen molar-refractivity contribution in [3.05, 3.63) is 58.9 Å². The van der Waals surface area contributed by atoms with Crippen molar-refractivity contribution >= 4 is 34.7 Å². The molecule has 0 unspecified atom stereocenters. The van der Waals surface area contributed by atoms with E-state index in [9.17, 15) is 18.0 Å². The van der Waals surface area contributed by atoms with E-state index in [4.69, 9.17) is 21.1 Å². The predicted molar refractivity (Wildman–Crippen MR) is 150 cm³/mol. The summed E-state index contributed by atoms with van der Waals surface area (Å²) in [5.41, 5.74) is -0.290. The summed E-state index contributed by atoms with van der Waals surface area (Å²) in [4.78, 5) is 25.6. The van der Waals surface area contributed by atoms with Gasteiger partial charge in [0.05, 0.1) is 16.6 Å². The van der Waals surface area contributed by atoms with Gasteiger partial charge in [0.2, 0.25) is 5.75 Å². The molecule has 1 atom stereocenters. The molecular weight excluding hydrogens is 561 g/mol. The number of nitrogens with zero attached hydrogens (tertiary/aromatic N) is 4. The van der Waals surface area contributed by atoms with Gasteiger partial charge in [0.1, 0.15) is 18.7 Å². The molecule has 0 saturated carbocycles. The minimum absolute atomic E-state index is 0.0280. The highest BCUT2D eigenvalue weighted by Crippen LogP contribution is 2.40. The lowest BCUT2D eigenvalue weighted by atomic mass is 10.0. The summed E-state index contributed by atoms with van der Waals surface area (Å²) in [6.07, 6.45) is -3.25. The third-order valence-electron chi connectivity index (χ3n) is 7.08. The molecule has 5 rings (SSSR count). The van der Waals surface area contributed by atoms with Crippen molar-refractivity contribution in [2.45, 2.75) is 26.1 Å². The molecule has 2 aliphatic heterocycles. The Kier molecular flexibility index (Phi) is 8.14. The van der Waals surface area contributed by atoms with Crippen LogP contribution in [0.1, 0.15) is 29.8 Å². The number of carbonyl (C=O) groups is 1. The standard InChI is InChI=1S/C28H30ClF3N6O3/c1-16(2)22-14-40-24-25(36-22)33-15-34-27(24)41-23-10-17(4-5-21(23)29)26(39)35-19-11-18(28(30,31)32)12-20(13-19)38-8-6-37(3)7-9-38/h4-5,10-13,15-16,22H,6-9,14H2,1-3H3,(H,35,39)(H,33,34,36)/t22-/m0/s1. The maximum absolute atomic E-state index is 13.7.